The van der Waals surface area contributed by atoms with E-state index in [4.69, 9.17) is 4.74 Å². The molecule has 3 fully saturated rings. The van der Waals surface area contributed by atoms with Crippen LogP contribution < -0.4 is 5.32 Å². The van der Waals surface area contributed by atoms with Gasteiger partial charge in [0.2, 0.25) is 11.8 Å². The lowest BCUT2D eigenvalue weighted by Crippen LogP contribution is -2.56. The molecule has 0 aromatic rings. The molecular formula is C15H26ClN3O3. The molecule has 1 aliphatic carbocycles. The van der Waals surface area contributed by atoms with Crippen molar-refractivity contribution in [2.24, 2.45) is 5.41 Å². The molecule has 22 heavy (non-hydrogen) atoms. The predicted octanol–water partition coefficient (Wildman–Crippen LogP) is 0.258. The summed E-state index contributed by atoms with van der Waals surface area (Å²) < 4.78 is 5.17. The first-order valence-electron chi connectivity index (χ1n) is 7.95. The summed E-state index contributed by atoms with van der Waals surface area (Å²) in [4.78, 5) is 28.9. The van der Waals surface area contributed by atoms with Gasteiger partial charge < -0.3 is 19.9 Å². The lowest BCUT2D eigenvalue weighted by molar-refractivity contribution is -0.152. The van der Waals surface area contributed by atoms with Crippen LogP contribution in [-0.4, -0.2) is 74.1 Å². The number of piperazine rings is 1. The number of carbonyl (C=O) groups is 2. The molecule has 126 valence electrons. The number of hydrogen-bond acceptors (Lipinski definition) is 4. The molecular weight excluding hydrogens is 306 g/mol. The van der Waals surface area contributed by atoms with Crippen molar-refractivity contribution in [1.29, 1.82) is 0 Å². The Morgan fingerprint density at radius 2 is 2.18 bits per heavy atom. The van der Waals surface area contributed by atoms with Crippen molar-refractivity contribution in [1.82, 2.24) is 15.1 Å². The molecule has 6 nitrogen and oxygen atoms in total. The number of halogens is 1. The minimum atomic E-state index is -0.377. The lowest BCUT2D eigenvalue weighted by atomic mass is 9.82. The zero-order chi connectivity index (χ0) is 14.9. The quantitative estimate of drug-likeness (QED) is 0.785. The van der Waals surface area contributed by atoms with Gasteiger partial charge in [0, 0.05) is 39.4 Å². The van der Waals surface area contributed by atoms with Crippen molar-refractivity contribution in [3.05, 3.63) is 0 Å². The highest BCUT2D eigenvalue weighted by molar-refractivity contribution is 5.89. The van der Waals surface area contributed by atoms with Crippen molar-refractivity contribution in [2.75, 3.05) is 46.4 Å². The highest BCUT2D eigenvalue weighted by Crippen LogP contribution is 2.34. The van der Waals surface area contributed by atoms with Gasteiger partial charge in [-0.2, -0.15) is 0 Å². The standard InChI is InChI=1S/C15H25N3O3.ClH/c1-21-9-5-15(4-6-16-11-15)14(20)17-7-8-18(12-2-3-12)13(19)10-17;/h12,16H,2-11H2,1H3;1H. The second-order valence-corrected chi connectivity index (χ2v) is 6.49. The average molecular weight is 332 g/mol. The summed E-state index contributed by atoms with van der Waals surface area (Å²) in [5.74, 6) is 0.248. The van der Waals surface area contributed by atoms with Gasteiger partial charge in [-0.05, 0) is 32.2 Å². The highest BCUT2D eigenvalue weighted by atomic mass is 35.5. The van der Waals surface area contributed by atoms with Crippen LogP contribution in [0.3, 0.4) is 0 Å². The van der Waals surface area contributed by atoms with E-state index < -0.39 is 0 Å². The van der Waals surface area contributed by atoms with Crippen LogP contribution in [0, 0.1) is 5.41 Å². The Morgan fingerprint density at radius 1 is 1.41 bits per heavy atom. The van der Waals surface area contributed by atoms with Crippen molar-refractivity contribution in [3.63, 3.8) is 0 Å². The Bertz CT molecular complexity index is 422. The largest absolute Gasteiger partial charge is 0.385 e. The van der Waals surface area contributed by atoms with Crippen molar-refractivity contribution >= 4 is 24.2 Å². The summed E-state index contributed by atoms with van der Waals surface area (Å²) in [7, 11) is 1.67. The predicted molar refractivity (Wildman–Crippen MR) is 85.0 cm³/mol. The molecule has 3 aliphatic rings. The smallest absolute Gasteiger partial charge is 0.242 e. The minimum absolute atomic E-state index is 0. The van der Waals surface area contributed by atoms with Gasteiger partial charge in [0.05, 0.1) is 12.0 Å². The fourth-order valence-electron chi connectivity index (χ4n) is 3.51. The van der Waals surface area contributed by atoms with Crippen molar-refractivity contribution in [2.45, 2.75) is 31.7 Å². The van der Waals surface area contributed by atoms with Gasteiger partial charge in [0.15, 0.2) is 0 Å². The minimum Gasteiger partial charge on any atom is -0.385 e. The number of amides is 2. The van der Waals surface area contributed by atoms with Crippen LogP contribution in [0.1, 0.15) is 25.7 Å². The van der Waals surface area contributed by atoms with Crippen LogP contribution in [0.4, 0.5) is 0 Å². The SMILES string of the molecule is COCCC1(C(=O)N2CCN(C3CC3)C(=O)C2)CCNC1.Cl. The van der Waals surface area contributed by atoms with E-state index >= 15 is 0 Å². The van der Waals surface area contributed by atoms with E-state index in [2.05, 4.69) is 5.32 Å². The third kappa shape index (κ3) is 3.39. The molecule has 0 spiro atoms. The first kappa shape index (κ1) is 17.5. The zero-order valence-corrected chi connectivity index (χ0v) is 14.0. The molecule has 1 atom stereocenters. The fraction of sp³-hybridized carbons (Fsp3) is 0.867. The maximum Gasteiger partial charge on any atom is 0.242 e. The number of ether oxygens (including phenoxy) is 1. The van der Waals surface area contributed by atoms with Gasteiger partial charge in [0.1, 0.15) is 0 Å². The zero-order valence-electron chi connectivity index (χ0n) is 13.2. The van der Waals surface area contributed by atoms with E-state index in [1.165, 1.54) is 0 Å². The van der Waals surface area contributed by atoms with Gasteiger partial charge in [-0.1, -0.05) is 0 Å². The van der Waals surface area contributed by atoms with Gasteiger partial charge >= 0.3 is 0 Å². The number of rotatable bonds is 5. The summed E-state index contributed by atoms with van der Waals surface area (Å²) in [6, 6.07) is 0.449. The summed E-state index contributed by atoms with van der Waals surface area (Å²) >= 11 is 0. The Labute approximate surface area is 137 Å². The number of nitrogens with one attached hydrogen (secondary N) is 1. The van der Waals surface area contributed by atoms with Gasteiger partial charge in [-0.25, -0.2) is 0 Å². The van der Waals surface area contributed by atoms with E-state index in [-0.39, 0.29) is 36.2 Å². The molecule has 1 N–H and O–H groups in total. The molecule has 0 aromatic heterocycles. The summed E-state index contributed by atoms with van der Waals surface area (Å²) in [6.07, 6.45) is 3.82. The molecule has 2 saturated heterocycles. The van der Waals surface area contributed by atoms with Gasteiger partial charge in [-0.3, -0.25) is 9.59 Å². The number of carbonyl (C=O) groups excluding carboxylic acids is 2. The second-order valence-electron chi connectivity index (χ2n) is 6.49. The van der Waals surface area contributed by atoms with Gasteiger partial charge in [0.25, 0.3) is 0 Å². The third-order valence-electron chi connectivity index (χ3n) is 5.01. The van der Waals surface area contributed by atoms with E-state index in [1.807, 2.05) is 4.90 Å². The summed E-state index contributed by atoms with van der Waals surface area (Å²) in [5.41, 5.74) is -0.377. The Balaban J connectivity index is 0.00000176. The molecule has 2 heterocycles. The van der Waals surface area contributed by atoms with E-state index in [0.29, 0.717) is 32.3 Å². The Morgan fingerprint density at radius 3 is 2.73 bits per heavy atom. The molecule has 0 aromatic carbocycles. The van der Waals surface area contributed by atoms with E-state index in [1.54, 1.807) is 12.0 Å². The lowest BCUT2D eigenvalue weighted by Gasteiger charge is -2.39. The van der Waals surface area contributed by atoms with Crippen LogP contribution in [0.15, 0.2) is 0 Å². The first-order chi connectivity index (χ1) is 10.2. The van der Waals surface area contributed by atoms with Crippen LogP contribution in [0.5, 0.6) is 0 Å². The van der Waals surface area contributed by atoms with Crippen molar-refractivity contribution in [3.8, 4) is 0 Å². The van der Waals surface area contributed by atoms with Gasteiger partial charge in [-0.15, -0.1) is 12.4 Å². The molecule has 0 radical (unpaired) electrons. The second kappa shape index (κ2) is 7.15. The monoisotopic (exact) mass is 331 g/mol. The van der Waals surface area contributed by atoms with Crippen molar-refractivity contribution < 1.29 is 14.3 Å². The topological polar surface area (TPSA) is 61.9 Å². The number of methoxy groups -OCH3 is 1. The average Bonchev–Trinajstić information content (AvgIpc) is 3.22. The number of hydrogen-bond donors (Lipinski definition) is 1. The Hall–Kier alpha value is -0.850. The molecule has 0 bridgehead atoms. The normalized spacial score (nSPS) is 28.7. The Kier molecular flexibility index (Phi) is 5.69. The summed E-state index contributed by atoms with van der Waals surface area (Å²) in [6.45, 7) is 3.78. The van der Waals surface area contributed by atoms with Crippen LogP contribution in [0.2, 0.25) is 0 Å². The van der Waals surface area contributed by atoms with E-state index in [0.717, 1.165) is 32.2 Å². The third-order valence-corrected chi connectivity index (χ3v) is 5.01. The van der Waals surface area contributed by atoms with Crippen LogP contribution in [0.25, 0.3) is 0 Å². The van der Waals surface area contributed by atoms with Crippen LogP contribution >= 0.6 is 12.4 Å². The van der Waals surface area contributed by atoms with Crippen LogP contribution in [-0.2, 0) is 14.3 Å². The molecule has 7 heteroatoms. The maximum absolute atomic E-state index is 12.9. The fourth-order valence-corrected chi connectivity index (χ4v) is 3.51. The molecule has 3 rings (SSSR count). The number of nitrogens with zero attached hydrogens (tertiary/aromatic N) is 2. The highest BCUT2D eigenvalue weighted by Gasteiger charge is 2.45. The molecule has 1 saturated carbocycles. The molecule has 2 aliphatic heterocycles. The molecule has 1 unspecified atom stereocenters. The first-order valence-corrected chi connectivity index (χ1v) is 7.95. The summed E-state index contributed by atoms with van der Waals surface area (Å²) in [5, 5.41) is 3.29. The molecule has 2 amide bonds. The van der Waals surface area contributed by atoms with E-state index in [9.17, 15) is 9.59 Å². The maximum atomic E-state index is 12.9.